The summed E-state index contributed by atoms with van der Waals surface area (Å²) < 4.78 is 18.4. The fourth-order valence-electron chi connectivity index (χ4n) is 3.82. The zero-order chi connectivity index (χ0) is 22.1. The van der Waals surface area contributed by atoms with Crippen LogP contribution in [0.4, 0.5) is 0 Å². The molecule has 0 radical (unpaired) electrons. The first-order chi connectivity index (χ1) is 15.7. The standard InChI is InChI=1S/C27H19BrO4/c1-30-24-14-13-18(15-22(24)28)26-27(25(29)21-11-4-5-12-23(21)32-26)31-16-19-9-6-8-17-7-2-3-10-20(17)19/h2-15H,16H2,1H3. The molecule has 0 fully saturated rings. The third kappa shape index (κ3) is 3.65. The number of para-hydroxylation sites is 1. The van der Waals surface area contributed by atoms with Crippen molar-refractivity contribution in [2.24, 2.45) is 0 Å². The van der Waals surface area contributed by atoms with Crippen molar-refractivity contribution in [3.05, 3.63) is 105 Å². The number of halogens is 1. The lowest BCUT2D eigenvalue weighted by molar-refractivity contribution is 0.299. The maximum atomic E-state index is 13.4. The molecule has 0 saturated carbocycles. The maximum Gasteiger partial charge on any atom is 0.235 e. The highest BCUT2D eigenvalue weighted by molar-refractivity contribution is 9.10. The highest BCUT2D eigenvalue weighted by Crippen LogP contribution is 2.36. The average Bonchev–Trinajstić information content (AvgIpc) is 2.83. The topological polar surface area (TPSA) is 48.7 Å². The first-order valence-electron chi connectivity index (χ1n) is 10.1. The lowest BCUT2D eigenvalue weighted by atomic mass is 10.1. The van der Waals surface area contributed by atoms with Crippen molar-refractivity contribution in [1.82, 2.24) is 0 Å². The van der Waals surface area contributed by atoms with Crippen LogP contribution >= 0.6 is 15.9 Å². The second-order valence-corrected chi connectivity index (χ2v) is 8.22. The molecule has 0 spiro atoms. The fourth-order valence-corrected chi connectivity index (χ4v) is 4.36. The molecule has 0 amide bonds. The minimum Gasteiger partial charge on any atom is -0.496 e. The van der Waals surface area contributed by atoms with E-state index in [4.69, 9.17) is 13.9 Å². The predicted molar refractivity (Wildman–Crippen MR) is 130 cm³/mol. The molecule has 32 heavy (non-hydrogen) atoms. The number of hydrogen-bond acceptors (Lipinski definition) is 4. The number of rotatable bonds is 5. The van der Waals surface area contributed by atoms with Gasteiger partial charge in [-0.2, -0.15) is 0 Å². The summed E-state index contributed by atoms with van der Waals surface area (Å²) in [5.74, 6) is 1.26. The van der Waals surface area contributed by atoms with Gasteiger partial charge in [-0.05, 0) is 62.6 Å². The third-order valence-corrected chi connectivity index (χ3v) is 6.04. The molecular formula is C27H19BrO4. The molecule has 4 nitrogen and oxygen atoms in total. The van der Waals surface area contributed by atoms with Gasteiger partial charge in [0.2, 0.25) is 11.2 Å². The second kappa shape index (κ2) is 8.52. The average molecular weight is 487 g/mol. The molecule has 5 heteroatoms. The van der Waals surface area contributed by atoms with E-state index in [1.807, 2.05) is 54.6 Å². The summed E-state index contributed by atoms with van der Waals surface area (Å²) in [6.45, 7) is 0.245. The van der Waals surface area contributed by atoms with E-state index in [0.29, 0.717) is 28.0 Å². The van der Waals surface area contributed by atoms with Gasteiger partial charge in [0.15, 0.2) is 5.76 Å². The van der Waals surface area contributed by atoms with E-state index < -0.39 is 0 Å². The molecule has 4 aromatic carbocycles. The van der Waals surface area contributed by atoms with E-state index in [1.165, 1.54) is 0 Å². The molecule has 158 valence electrons. The molecule has 0 bridgehead atoms. The third-order valence-electron chi connectivity index (χ3n) is 5.42. The van der Waals surface area contributed by atoms with Gasteiger partial charge in [-0.25, -0.2) is 0 Å². The number of fused-ring (bicyclic) bond motifs is 2. The van der Waals surface area contributed by atoms with Crippen molar-refractivity contribution >= 4 is 37.7 Å². The van der Waals surface area contributed by atoms with E-state index >= 15 is 0 Å². The van der Waals surface area contributed by atoms with Crippen LogP contribution in [-0.4, -0.2) is 7.11 Å². The molecule has 5 rings (SSSR count). The minimum absolute atomic E-state index is 0.189. The van der Waals surface area contributed by atoms with Crippen LogP contribution in [0.5, 0.6) is 11.5 Å². The second-order valence-electron chi connectivity index (χ2n) is 7.36. The molecule has 0 saturated heterocycles. The summed E-state index contributed by atoms with van der Waals surface area (Å²) in [4.78, 5) is 13.4. The lowest BCUT2D eigenvalue weighted by Crippen LogP contribution is -2.10. The Balaban J connectivity index is 1.64. The summed E-state index contributed by atoms with van der Waals surface area (Å²) in [6, 6.07) is 26.9. The van der Waals surface area contributed by atoms with Crippen LogP contribution in [0.2, 0.25) is 0 Å². The van der Waals surface area contributed by atoms with Crippen molar-refractivity contribution in [2.75, 3.05) is 7.11 Å². The van der Waals surface area contributed by atoms with Gasteiger partial charge >= 0.3 is 0 Å². The highest BCUT2D eigenvalue weighted by Gasteiger charge is 2.19. The Morgan fingerprint density at radius 2 is 1.62 bits per heavy atom. The smallest absolute Gasteiger partial charge is 0.235 e. The number of ether oxygens (including phenoxy) is 2. The largest absolute Gasteiger partial charge is 0.496 e. The Morgan fingerprint density at radius 1 is 0.875 bits per heavy atom. The van der Waals surface area contributed by atoms with E-state index in [9.17, 15) is 4.79 Å². The molecule has 1 aromatic heterocycles. The molecule has 0 aliphatic rings. The van der Waals surface area contributed by atoms with Gasteiger partial charge in [-0.15, -0.1) is 0 Å². The van der Waals surface area contributed by atoms with Crippen LogP contribution in [0.3, 0.4) is 0 Å². The SMILES string of the molecule is COc1ccc(-c2oc3ccccc3c(=O)c2OCc2cccc3ccccc23)cc1Br. The zero-order valence-electron chi connectivity index (χ0n) is 17.3. The van der Waals surface area contributed by atoms with Gasteiger partial charge in [0.1, 0.15) is 17.9 Å². The molecule has 1 heterocycles. The van der Waals surface area contributed by atoms with Gasteiger partial charge in [-0.1, -0.05) is 54.6 Å². The Hall–Kier alpha value is -3.57. The molecule has 0 aliphatic carbocycles. The maximum absolute atomic E-state index is 13.4. The molecule has 0 atom stereocenters. The number of methoxy groups -OCH3 is 1. The minimum atomic E-state index is -0.200. The van der Waals surface area contributed by atoms with Crippen LogP contribution in [-0.2, 0) is 6.61 Å². The monoisotopic (exact) mass is 486 g/mol. The van der Waals surface area contributed by atoms with Gasteiger partial charge in [0.25, 0.3) is 0 Å². The first kappa shape index (κ1) is 20.3. The molecule has 0 unspecified atom stereocenters. The normalized spacial score (nSPS) is 11.1. The van der Waals surface area contributed by atoms with Gasteiger partial charge in [0, 0.05) is 5.56 Å². The highest BCUT2D eigenvalue weighted by atomic mass is 79.9. The van der Waals surface area contributed by atoms with Gasteiger partial charge < -0.3 is 13.9 Å². The summed E-state index contributed by atoms with van der Waals surface area (Å²) >= 11 is 3.51. The van der Waals surface area contributed by atoms with Gasteiger partial charge in [0.05, 0.1) is 17.0 Å². The lowest BCUT2D eigenvalue weighted by Gasteiger charge is -2.14. The van der Waals surface area contributed by atoms with Crippen molar-refractivity contribution in [1.29, 1.82) is 0 Å². The van der Waals surface area contributed by atoms with Crippen molar-refractivity contribution in [3.63, 3.8) is 0 Å². The van der Waals surface area contributed by atoms with Crippen molar-refractivity contribution in [2.45, 2.75) is 6.61 Å². The Labute approximate surface area is 193 Å². The Morgan fingerprint density at radius 3 is 2.44 bits per heavy atom. The summed E-state index contributed by atoms with van der Waals surface area (Å²) in [5.41, 5.74) is 2.02. The molecule has 0 N–H and O–H groups in total. The number of benzene rings is 4. The van der Waals surface area contributed by atoms with Crippen LogP contribution < -0.4 is 14.9 Å². The van der Waals surface area contributed by atoms with Crippen LogP contribution in [0.15, 0.2) is 98.6 Å². The summed E-state index contributed by atoms with van der Waals surface area (Å²) in [5, 5.41) is 2.70. The van der Waals surface area contributed by atoms with E-state index in [-0.39, 0.29) is 17.8 Å². The fraction of sp³-hybridized carbons (Fsp3) is 0.0741. The predicted octanol–water partition coefficient (Wildman–Crippen LogP) is 6.96. The summed E-state index contributed by atoms with van der Waals surface area (Å²) in [7, 11) is 1.61. The van der Waals surface area contributed by atoms with E-state index in [0.717, 1.165) is 20.8 Å². The van der Waals surface area contributed by atoms with Crippen molar-refractivity contribution in [3.8, 4) is 22.8 Å². The van der Waals surface area contributed by atoms with Crippen molar-refractivity contribution < 1.29 is 13.9 Å². The summed E-state index contributed by atoms with van der Waals surface area (Å²) in [6.07, 6.45) is 0. The Bertz CT molecular complexity index is 1500. The van der Waals surface area contributed by atoms with E-state index in [2.05, 4.69) is 34.1 Å². The molecule has 0 aliphatic heterocycles. The van der Waals surface area contributed by atoms with Crippen LogP contribution in [0, 0.1) is 0 Å². The van der Waals surface area contributed by atoms with Crippen LogP contribution in [0.25, 0.3) is 33.1 Å². The molecule has 5 aromatic rings. The molecular weight excluding hydrogens is 468 g/mol. The number of hydrogen-bond donors (Lipinski definition) is 0. The quantitative estimate of drug-likeness (QED) is 0.269. The van der Waals surface area contributed by atoms with Gasteiger partial charge in [-0.3, -0.25) is 4.79 Å². The zero-order valence-corrected chi connectivity index (χ0v) is 18.9. The first-order valence-corrected chi connectivity index (χ1v) is 10.9. The Kier molecular flexibility index (Phi) is 5.41. The van der Waals surface area contributed by atoms with E-state index in [1.54, 1.807) is 19.2 Å². The van der Waals surface area contributed by atoms with Crippen LogP contribution in [0.1, 0.15) is 5.56 Å².